The van der Waals surface area contributed by atoms with E-state index in [9.17, 15) is 0 Å². The molecule has 4 rings (SSSR count). The van der Waals surface area contributed by atoms with Gasteiger partial charge in [0.25, 0.3) is 0 Å². The van der Waals surface area contributed by atoms with Crippen LogP contribution in [0.2, 0.25) is 0 Å². The van der Waals surface area contributed by atoms with Crippen LogP contribution in [0.3, 0.4) is 0 Å². The van der Waals surface area contributed by atoms with E-state index in [-0.39, 0.29) is 6.04 Å². The molecule has 2 heterocycles. The fourth-order valence-electron chi connectivity index (χ4n) is 2.90. The molecule has 0 bridgehead atoms. The minimum Gasteiger partial charge on any atom is -0.474 e. The van der Waals surface area contributed by atoms with Crippen molar-refractivity contribution in [2.24, 2.45) is 4.99 Å². The van der Waals surface area contributed by atoms with Gasteiger partial charge in [-0.25, -0.2) is 4.99 Å². The van der Waals surface area contributed by atoms with E-state index in [1.165, 1.54) is 24.0 Å². The Morgan fingerprint density at radius 3 is 2.80 bits per heavy atom. The minimum atomic E-state index is 0.0714. The van der Waals surface area contributed by atoms with Gasteiger partial charge in [0.05, 0.1) is 0 Å². The second-order valence-electron chi connectivity index (χ2n) is 5.31. The summed E-state index contributed by atoms with van der Waals surface area (Å²) in [5.41, 5.74) is 3.20. The van der Waals surface area contributed by atoms with Crippen molar-refractivity contribution in [3.63, 3.8) is 0 Å². The fourth-order valence-corrected chi connectivity index (χ4v) is 2.90. The highest BCUT2D eigenvalue weighted by Crippen LogP contribution is 2.29. The molecule has 0 spiro atoms. The van der Waals surface area contributed by atoms with Crippen molar-refractivity contribution in [1.29, 1.82) is 0 Å². The van der Waals surface area contributed by atoms with Gasteiger partial charge in [-0.05, 0) is 24.8 Å². The van der Waals surface area contributed by atoms with Crippen LogP contribution in [0.4, 0.5) is 0 Å². The number of fused-ring (bicyclic) bond motifs is 1. The van der Waals surface area contributed by atoms with Crippen LogP contribution in [-0.2, 0) is 17.6 Å². The first-order valence-corrected chi connectivity index (χ1v) is 7.15. The Labute approximate surface area is 117 Å². The summed E-state index contributed by atoms with van der Waals surface area (Å²) in [6.07, 6.45) is 4.38. The number of hydrogen-bond donors (Lipinski definition) is 0. The summed E-state index contributed by atoms with van der Waals surface area (Å²) in [5, 5.41) is 4.18. The van der Waals surface area contributed by atoms with Crippen molar-refractivity contribution >= 4 is 5.90 Å². The van der Waals surface area contributed by atoms with Crippen molar-refractivity contribution in [2.45, 2.75) is 31.7 Å². The highest BCUT2D eigenvalue weighted by molar-refractivity contribution is 5.94. The van der Waals surface area contributed by atoms with E-state index in [1.807, 2.05) is 18.2 Å². The summed E-state index contributed by atoms with van der Waals surface area (Å²) >= 11 is 0. The molecule has 1 aromatic carbocycles. The van der Waals surface area contributed by atoms with Gasteiger partial charge in [-0.2, -0.15) is 0 Å². The standard InChI is InChI=1S/C16H16N2O2/c1-2-6-11(7-3-1)13-10-19-16(17-13)15-12-8-4-5-9-14(12)20-18-15/h1-3,6-7,13H,4-5,8-10H2. The molecule has 1 aromatic heterocycles. The lowest BCUT2D eigenvalue weighted by atomic mass is 9.96. The zero-order valence-corrected chi connectivity index (χ0v) is 11.2. The average molecular weight is 268 g/mol. The Balaban J connectivity index is 1.65. The maximum atomic E-state index is 5.76. The van der Waals surface area contributed by atoms with Crippen LogP contribution in [0.15, 0.2) is 39.8 Å². The number of aromatic nitrogens is 1. The van der Waals surface area contributed by atoms with Crippen molar-refractivity contribution in [1.82, 2.24) is 5.16 Å². The zero-order chi connectivity index (χ0) is 13.4. The fraction of sp³-hybridized carbons (Fsp3) is 0.375. The summed E-state index contributed by atoms with van der Waals surface area (Å²) in [6, 6.07) is 10.3. The molecular weight excluding hydrogens is 252 g/mol. The van der Waals surface area contributed by atoms with E-state index in [1.54, 1.807) is 0 Å². The van der Waals surface area contributed by atoms with Gasteiger partial charge in [-0.3, -0.25) is 0 Å². The number of ether oxygens (including phenoxy) is 1. The lowest BCUT2D eigenvalue weighted by Gasteiger charge is -2.08. The van der Waals surface area contributed by atoms with Gasteiger partial charge < -0.3 is 9.26 Å². The molecule has 102 valence electrons. The molecule has 1 aliphatic carbocycles. The van der Waals surface area contributed by atoms with E-state index in [0.29, 0.717) is 12.5 Å². The Morgan fingerprint density at radius 2 is 1.90 bits per heavy atom. The van der Waals surface area contributed by atoms with Gasteiger partial charge in [0, 0.05) is 12.0 Å². The van der Waals surface area contributed by atoms with Gasteiger partial charge in [-0.1, -0.05) is 35.5 Å². The SMILES string of the molecule is c1ccc(C2COC(c3noc4c3CCCC4)=N2)cc1. The quantitative estimate of drug-likeness (QED) is 0.841. The summed E-state index contributed by atoms with van der Waals surface area (Å²) in [5.74, 6) is 1.66. The lowest BCUT2D eigenvalue weighted by molar-refractivity contribution is 0.315. The summed E-state index contributed by atoms with van der Waals surface area (Å²) < 4.78 is 11.2. The van der Waals surface area contributed by atoms with E-state index in [2.05, 4.69) is 22.3 Å². The monoisotopic (exact) mass is 268 g/mol. The van der Waals surface area contributed by atoms with Crippen LogP contribution in [0, 0.1) is 0 Å². The number of aryl methyl sites for hydroxylation is 1. The lowest BCUT2D eigenvalue weighted by Crippen LogP contribution is -2.08. The Hall–Kier alpha value is -2.10. The van der Waals surface area contributed by atoms with Crippen LogP contribution in [0.25, 0.3) is 0 Å². The second kappa shape index (κ2) is 4.78. The van der Waals surface area contributed by atoms with Crippen molar-refractivity contribution in [2.75, 3.05) is 6.61 Å². The molecule has 1 unspecified atom stereocenters. The molecule has 0 N–H and O–H groups in total. The molecule has 0 saturated heterocycles. The van der Waals surface area contributed by atoms with Crippen molar-refractivity contribution in [3.05, 3.63) is 52.9 Å². The third kappa shape index (κ3) is 1.92. The van der Waals surface area contributed by atoms with Crippen LogP contribution in [-0.4, -0.2) is 17.7 Å². The average Bonchev–Trinajstić information content (AvgIpc) is 3.14. The van der Waals surface area contributed by atoms with Crippen molar-refractivity contribution < 1.29 is 9.26 Å². The highest BCUT2D eigenvalue weighted by Gasteiger charge is 2.28. The molecule has 4 heteroatoms. The first-order valence-electron chi connectivity index (χ1n) is 7.15. The molecule has 0 saturated carbocycles. The molecule has 4 nitrogen and oxygen atoms in total. The maximum absolute atomic E-state index is 5.76. The number of hydrogen-bond acceptors (Lipinski definition) is 4. The van der Waals surface area contributed by atoms with E-state index >= 15 is 0 Å². The first-order chi connectivity index (χ1) is 9.92. The third-order valence-electron chi connectivity index (χ3n) is 3.99. The number of benzene rings is 1. The maximum Gasteiger partial charge on any atom is 0.240 e. The van der Waals surface area contributed by atoms with Crippen molar-refractivity contribution in [3.8, 4) is 0 Å². The molecular formula is C16H16N2O2. The first kappa shape index (κ1) is 11.7. The molecule has 20 heavy (non-hydrogen) atoms. The van der Waals surface area contributed by atoms with Gasteiger partial charge >= 0.3 is 0 Å². The topological polar surface area (TPSA) is 47.6 Å². The Kier molecular flexibility index (Phi) is 2.80. The number of rotatable bonds is 2. The molecule has 0 radical (unpaired) electrons. The zero-order valence-electron chi connectivity index (χ0n) is 11.2. The van der Waals surface area contributed by atoms with E-state index in [0.717, 1.165) is 24.3 Å². The van der Waals surface area contributed by atoms with Gasteiger partial charge in [-0.15, -0.1) is 0 Å². The predicted octanol–water partition coefficient (Wildman–Crippen LogP) is 3.07. The molecule has 0 amide bonds. The number of aliphatic imine (C=N–C) groups is 1. The van der Waals surface area contributed by atoms with E-state index < -0.39 is 0 Å². The number of nitrogens with zero attached hydrogens (tertiary/aromatic N) is 2. The van der Waals surface area contributed by atoms with Gasteiger partial charge in [0.15, 0.2) is 5.69 Å². The predicted molar refractivity (Wildman–Crippen MR) is 74.8 cm³/mol. The van der Waals surface area contributed by atoms with E-state index in [4.69, 9.17) is 9.26 Å². The van der Waals surface area contributed by atoms with Crippen LogP contribution in [0.5, 0.6) is 0 Å². The minimum absolute atomic E-state index is 0.0714. The Bertz CT molecular complexity index is 646. The summed E-state index contributed by atoms with van der Waals surface area (Å²) in [4.78, 5) is 4.68. The molecule has 0 fully saturated rings. The van der Waals surface area contributed by atoms with Gasteiger partial charge in [0.1, 0.15) is 18.4 Å². The summed E-state index contributed by atoms with van der Waals surface area (Å²) in [6.45, 7) is 0.584. The molecule has 2 aromatic rings. The van der Waals surface area contributed by atoms with Crippen LogP contribution >= 0.6 is 0 Å². The Morgan fingerprint density at radius 1 is 1.05 bits per heavy atom. The van der Waals surface area contributed by atoms with Crippen LogP contribution in [0.1, 0.15) is 41.5 Å². The largest absolute Gasteiger partial charge is 0.474 e. The molecule has 1 aliphatic heterocycles. The smallest absolute Gasteiger partial charge is 0.240 e. The summed E-state index contributed by atoms with van der Waals surface area (Å²) in [7, 11) is 0. The molecule has 2 aliphatic rings. The highest BCUT2D eigenvalue weighted by atomic mass is 16.5. The second-order valence-corrected chi connectivity index (χ2v) is 5.31. The normalized spacial score (nSPS) is 21.2. The third-order valence-corrected chi connectivity index (χ3v) is 3.99. The van der Waals surface area contributed by atoms with Gasteiger partial charge in [0.2, 0.25) is 5.90 Å². The molecule has 1 atom stereocenters. The van der Waals surface area contributed by atoms with Crippen LogP contribution < -0.4 is 0 Å².